The van der Waals surface area contributed by atoms with E-state index in [0.717, 1.165) is 6.26 Å². The second-order valence-corrected chi connectivity index (χ2v) is 6.71. The summed E-state index contributed by atoms with van der Waals surface area (Å²) in [5.41, 5.74) is 6.27. The first-order chi connectivity index (χ1) is 7.78. The highest BCUT2D eigenvalue weighted by Gasteiger charge is 2.10. The maximum absolute atomic E-state index is 11.5. The molecule has 0 heterocycles. The Morgan fingerprint density at radius 1 is 1.41 bits per heavy atom. The minimum Gasteiger partial charge on any atom is -0.461 e. The van der Waals surface area contributed by atoms with E-state index in [1.165, 1.54) is 6.07 Å². The molecule has 0 saturated heterocycles. The Bertz CT molecular complexity index is 507. The van der Waals surface area contributed by atoms with Crippen molar-refractivity contribution >= 4 is 37.4 Å². The van der Waals surface area contributed by atoms with E-state index in [2.05, 4.69) is 15.9 Å². The zero-order valence-electron chi connectivity index (χ0n) is 9.14. The number of hydrogen-bond acceptors (Lipinski definition) is 5. The highest BCUT2D eigenvalue weighted by molar-refractivity contribution is 9.10. The number of esters is 1. The topological polar surface area (TPSA) is 86.5 Å². The summed E-state index contributed by atoms with van der Waals surface area (Å²) in [5, 5.41) is 0. The molecule has 94 valence electrons. The van der Waals surface area contributed by atoms with Gasteiger partial charge in [-0.15, -0.1) is 0 Å². The standard InChI is InChI=1S/C10H12BrNO4S/c1-17(14,15)3-2-16-10(13)7-4-8(11)6-9(12)5-7/h4-6H,2-3,12H2,1H3. The number of hydrogen-bond donors (Lipinski definition) is 1. The SMILES string of the molecule is CS(=O)(=O)CCOC(=O)c1cc(N)cc(Br)c1. The summed E-state index contributed by atoms with van der Waals surface area (Å²) in [6.07, 6.45) is 1.08. The number of nitrogen functional groups attached to an aromatic ring is 1. The Hall–Kier alpha value is -1.08. The zero-order valence-corrected chi connectivity index (χ0v) is 11.5. The molecule has 0 aliphatic carbocycles. The van der Waals surface area contributed by atoms with Crippen LogP contribution in [-0.4, -0.2) is 33.0 Å². The van der Waals surface area contributed by atoms with Crippen LogP contribution < -0.4 is 5.73 Å². The van der Waals surface area contributed by atoms with Gasteiger partial charge in [-0.05, 0) is 18.2 Å². The van der Waals surface area contributed by atoms with E-state index >= 15 is 0 Å². The molecule has 1 aromatic rings. The molecule has 0 saturated carbocycles. The maximum atomic E-state index is 11.5. The molecule has 0 atom stereocenters. The number of halogens is 1. The van der Waals surface area contributed by atoms with E-state index in [9.17, 15) is 13.2 Å². The predicted octanol–water partition coefficient (Wildman–Crippen LogP) is 1.23. The molecule has 5 nitrogen and oxygen atoms in total. The number of sulfone groups is 1. The summed E-state index contributed by atoms with van der Waals surface area (Å²) in [5.74, 6) is -0.788. The van der Waals surface area contributed by atoms with Crippen molar-refractivity contribution in [2.45, 2.75) is 0 Å². The van der Waals surface area contributed by atoms with Crippen molar-refractivity contribution in [3.05, 3.63) is 28.2 Å². The number of carbonyl (C=O) groups is 1. The first-order valence-corrected chi connectivity index (χ1v) is 7.54. The van der Waals surface area contributed by atoms with Crippen LogP contribution in [0.15, 0.2) is 22.7 Å². The highest BCUT2D eigenvalue weighted by atomic mass is 79.9. The van der Waals surface area contributed by atoms with Crippen molar-refractivity contribution in [1.29, 1.82) is 0 Å². The van der Waals surface area contributed by atoms with Crippen LogP contribution in [0.2, 0.25) is 0 Å². The number of carbonyl (C=O) groups excluding carboxylic acids is 1. The van der Waals surface area contributed by atoms with Crippen LogP contribution in [0.4, 0.5) is 5.69 Å². The van der Waals surface area contributed by atoms with Crippen molar-refractivity contribution in [3.63, 3.8) is 0 Å². The molecular formula is C10H12BrNO4S. The summed E-state index contributed by atoms with van der Waals surface area (Å²) < 4.78 is 27.2. The van der Waals surface area contributed by atoms with Crippen molar-refractivity contribution in [3.8, 4) is 0 Å². The third-order valence-electron chi connectivity index (χ3n) is 1.84. The van der Waals surface area contributed by atoms with Gasteiger partial charge in [-0.3, -0.25) is 0 Å². The summed E-state index contributed by atoms with van der Waals surface area (Å²) >= 11 is 3.20. The van der Waals surface area contributed by atoms with Crippen LogP contribution in [0, 0.1) is 0 Å². The monoisotopic (exact) mass is 321 g/mol. The normalized spacial score (nSPS) is 11.2. The predicted molar refractivity (Wildman–Crippen MR) is 68.5 cm³/mol. The molecule has 0 aliphatic heterocycles. The lowest BCUT2D eigenvalue weighted by Crippen LogP contribution is -2.14. The molecule has 0 aliphatic rings. The average molecular weight is 322 g/mol. The van der Waals surface area contributed by atoms with Crippen LogP contribution in [0.3, 0.4) is 0 Å². The highest BCUT2D eigenvalue weighted by Crippen LogP contribution is 2.17. The van der Waals surface area contributed by atoms with Crippen LogP contribution in [0.25, 0.3) is 0 Å². The van der Waals surface area contributed by atoms with Gasteiger partial charge in [0, 0.05) is 16.4 Å². The van der Waals surface area contributed by atoms with Crippen molar-refractivity contribution in [1.82, 2.24) is 0 Å². The summed E-state index contributed by atoms with van der Waals surface area (Å²) in [4.78, 5) is 11.5. The van der Waals surface area contributed by atoms with E-state index in [-0.39, 0.29) is 17.9 Å². The molecule has 7 heteroatoms. The molecule has 0 radical (unpaired) electrons. The van der Waals surface area contributed by atoms with E-state index in [1.807, 2.05) is 0 Å². The quantitative estimate of drug-likeness (QED) is 0.665. The van der Waals surface area contributed by atoms with Gasteiger partial charge in [0.2, 0.25) is 0 Å². The van der Waals surface area contributed by atoms with Crippen LogP contribution in [0.5, 0.6) is 0 Å². The second kappa shape index (κ2) is 5.50. The number of ether oxygens (including phenoxy) is 1. The lowest BCUT2D eigenvalue weighted by molar-refractivity contribution is 0.0529. The zero-order chi connectivity index (χ0) is 13.1. The third-order valence-corrected chi connectivity index (χ3v) is 3.21. The lowest BCUT2D eigenvalue weighted by Gasteiger charge is -2.05. The summed E-state index contributed by atoms with van der Waals surface area (Å²) in [7, 11) is -3.13. The van der Waals surface area contributed by atoms with Gasteiger partial charge in [0.05, 0.1) is 11.3 Å². The van der Waals surface area contributed by atoms with Crippen molar-refractivity contribution in [2.75, 3.05) is 24.3 Å². The minimum absolute atomic E-state index is 0.163. The van der Waals surface area contributed by atoms with Crippen molar-refractivity contribution in [2.24, 2.45) is 0 Å². The van der Waals surface area contributed by atoms with Crippen LogP contribution in [-0.2, 0) is 14.6 Å². The fourth-order valence-electron chi connectivity index (χ4n) is 1.10. The minimum atomic E-state index is -3.13. The molecule has 0 unspecified atom stereocenters. The molecular weight excluding hydrogens is 310 g/mol. The Morgan fingerprint density at radius 2 is 2.06 bits per heavy atom. The molecule has 0 aromatic heterocycles. The second-order valence-electron chi connectivity index (χ2n) is 3.54. The molecule has 0 fully saturated rings. The summed E-state index contributed by atoms with van der Waals surface area (Å²) in [6.45, 7) is -0.163. The van der Waals surface area contributed by atoms with Crippen LogP contribution >= 0.6 is 15.9 Å². The smallest absolute Gasteiger partial charge is 0.338 e. The molecule has 17 heavy (non-hydrogen) atoms. The van der Waals surface area contributed by atoms with Gasteiger partial charge in [0.1, 0.15) is 6.61 Å². The van der Waals surface area contributed by atoms with E-state index in [4.69, 9.17) is 10.5 Å². The van der Waals surface area contributed by atoms with E-state index in [1.54, 1.807) is 12.1 Å². The van der Waals surface area contributed by atoms with Crippen molar-refractivity contribution < 1.29 is 17.9 Å². The Morgan fingerprint density at radius 3 is 2.59 bits per heavy atom. The number of nitrogens with two attached hydrogens (primary N) is 1. The van der Waals surface area contributed by atoms with Gasteiger partial charge in [-0.1, -0.05) is 15.9 Å². The Kier molecular flexibility index (Phi) is 4.53. The third kappa shape index (κ3) is 5.18. The van der Waals surface area contributed by atoms with Gasteiger partial charge in [-0.2, -0.15) is 0 Å². The number of rotatable bonds is 4. The molecule has 1 rings (SSSR count). The average Bonchev–Trinajstić information content (AvgIpc) is 2.13. The fourth-order valence-corrected chi connectivity index (χ4v) is 2.00. The fraction of sp³-hybridized carbons (Fsp3) is 0.300. The lowest BCUT2D eigenvalue weighted by atomic mass is 10.2. The molecule has 0 spiro atoms. The summed E-state index contributed by atoms with van der Waals surface area (Å²) in [6, 6.07) is 4.67. The Labute approximate surface area is 108 Å². The molecule has 0 bridgehead atoms. The van der Waals surface area contributed by atoms with Gasteiger partial charge in [0.25, 0.3) is 0 Å². The molecule has 2 N–H and O–H groups in total. The Balaban J connectivity index is 2.64. The van der Waals surface area contributed by atoms with Gasteiger partial charge in [0.15, 0.2) is 9.84 Å². The largest absolute Gasteiger partial charge is 0.461 e. The van der Waals surface area contributed by atoms with Gasteiger partial charge < -0.3 is 10.5 Å². The first-order valence-electron chi connectivity index (χ1n) is 4.69. The van der Waals surface area contributed by atoms with Crippen LogP contribution in [0.1, 0.15) is 10.4 Å². The van der Waals surface area contributed by atoms with Gasteiger partial charge in [-0.25, -0.2) is 13.2 Å². The molecule has 0 amide bonds. The molecule has 1 aromatic carbocycles. The number of anilines is 1. The first kappa shape index (κ1) is 14.0. The van der Waals surface area contributed by atoms with Gasteiger partial charge >= 0.3 is 5.97 Å². The van der Waals surface area contributed by atoms with E-state index in [0.29, 0.717) is 10.2 Å². The maximum Gasteiger partial charge on any atom is 0.338 e. The van der Waals surface area contributed by atoms with E-state index < -0.39 is 15.8 Å². The number of benzene rings is 1.